The first-order chi connectivity index (χ1) is 8.68. The second-order valence-corrected chi connectivity index (χ2v) is 6.25. The molecule has 3 atom stereocenters. The van der Waals surface area contributed by atoms with Crippen molar-refractivity contribution < 1.29 is 4.79 Å². The Morgan fingerprint density at radius 3 is 2.39 bits per heavy atom. The summed E-state index contributed by atoms with van der Waals surface area (Å²) in [4.78, 5) is 12.2. The minimum atomic E-state index is 0.0400. The molecule has 0 radical (unpaired) electrons. The van der Waals surface area contributed by atoms with Crippen molar-refractivity contribution >= 4 is 5.91 Å². The van der Waals surface area contributed by atoms with E-state index < -0.39 is 0 Å². The van der Waals surface area contributed by atoms with Crippen LogP contribution >= 0.6 is 0 Å². The van der Waals surface area contributed by atoms with Gasteiger partial charge in [0, 0.05) is 6.04 Å². The van der Waals surface area contributed by atoms with Gasteiger partial charge in [-0.3, -0.25) is 4.79 Å². The van der Waals surface area contributed by atoms with Gasteiger partial charge in [0.25, 0.3) is 0 Å². The Morgan fingerprint density at radius 1 is 1.17 bits per heavy atom. The Labute approximate surface area is 111 Å². The third kappa shape index (κ3) is 3.47. The van der Waals surface area contributed by atoms with E-state index in [0.29, 0.717) is 17.9 Å². The number of hydrogen-bond acceptors (Lipinski definition) is 2. The van der Waals surface area contributed by atoms with Crippen LogP contribution in [0.2, 0.25) is 0 Å². The van der Waals surface area contributed by atoms with Gasteiger partial charge in [-0.2, -0.15) is 0 Å². The van der Waals surface area contributed by atoms with Gasteiger partial charge in [0.05, 0.1) is 6.04 Å². The number of nitrogens with one attached hydrogen (secondary N) is 2. The highest BCUT2D eigenvalue weighted by molar-refractivity contribution is 5.82. The largest absolute Gasteiger partial charge is 0.352 e. The van der Waals surface area contributed by atoms with Crippen molar-refractivity contribution in [2.45, 2.75) is 70.9 Å². The van der Waals surface area contributed by atoms with Crippen molar-refractivity contribution in [2.24, 2.45) is 11.8 Å². The topological polar surface area (TPSA) is 41.1 Å². The molecule has 0 aromatic heterocycles. The molecule has 1 saturated carbocycles. The van der Waals surface area contributed by atoms with Gasteiger partial charge in [-0.15, -0.1) is 0 Å². The molecule has 0 spiro atoms. The van der Waals surface area contributed by atoms with Crippen LogP contribution in [0.15, 0.2) is 0 Å². The first-order valence-corrected chi connectivity index (χ1v) is 7.72. The number of carbonyl (C=O) groups is 1. The third-order valence-corrected chi connectivity index (χ3v) is 4.79. The van der Waals surface area contributed by atoms with Gasteiger partial charge in [0.2, 0.25) is 5.91 Å². The Bertz CT molecular complexity index is 272. The van der Waals surface area contributed by atoms with Gasteiger partial charge in [0.1, 0.15) is 0 Å². The first kappa shape index (κ1) is 13.9. The summed E-state index contributed by atoms with van der Waals surface area (Å²) in [7, 11) is 0. The van der Waals surface area contributed by atoms with E-state index in [1.165, 1.54) is 38.5 Å². The molecule has 1 aliphatic heterocycles. The molecule has 0 aromatic carbocycles. The molecule has 2 fully saturated rings. The zero-order chi connectivity index (χ0) is 13.0. The van der Waals surface area contributed by atoms with Crippen molar-refractivity contribution in [1.29, 1.82) is 0 Å². The van der Waals surface area contributed by atoms with Crippen LogP contribution in [0.5, 0.6) is 0 Å². The molecule has 1 heterocycles. The van der Waals surface area contributed by atoms with Crippen molar-refractivity contribution in [3.05, 3.63) is 0 Å². The zero-order valence-corrected chi connectivity index (χ0v) is 11.9. The summed E-state index contributed by atoms with van der Waals surface area (Å²) in [5.74, 6) is 1.39. The third-order valence-electron chi connectivity index (χ3n) is 4.79. The molecule has 3 heteroatoms. The molecule has 3 nitrogen and oxygen atoms in total. The summed E-state index contributed by atoms with van der Waals surface area (Å²) in [6.07, 6.45) is 9.11. The molecule has 1 amide bonds. The van der Waals surface area contributed by atoms with Crippen molar-refractivity contribution in [3.63, 3.8) is 0 Å². The van der Waals surface area contributed by atoms with Gasteiger partial charge >= 0.3 is 0 Å². The predicted molar refractivity (Wildman–Crippen MR) is 74.4 cm³/mol. The Morgan fingerprint density at radius 2 is 1.83 bits per heavy atom. The molecule has 2 rings (SSSR count). The highest BCUT2D eigenvalue weighted by atomic mass is 16.2. The van der Waals surface area contributed by atoms with Crippen LogP contribution in [0.3, 0.4) is 0 Å². The second-order valence-electron chi connectivity index (χ2n) is 6.25. The summed E-state index contributed by atoms with van der Waals surface area (Å²) < 4.78 is 0. The van der Waals surface area contributed by atoms with Crippen LogP contribution < -0.4 is 10.6 Å². The minimum Gasteiger partial charge on any atom is -0.352 e. The van der Waals surface area contributed by atoms with Gasteiger partial charge in [-0.25, -0.2) is 0 Å². The minimum absolute atomic E-state index is 0.0400. The maximum Gasteiger partial charge on any atom is 0.237 e. The molecule has 2 N–H and O–H groups in total. The fourth-order valence-electron chi connectivity index (χ4n) is 3.43. The summed E-state index contributed by atoms with van der Waals surface area (Å²) in [5, 5.41) is 6.56. The molecule has 2 unspecified atom stereocenters. The van der Waals surface area contributed by atoms with E-state index in [1.54, 1.807) is 0 Å². The average molecular weight is 252 g/mol. The fraction of sp³-hybridized carbons (Fsp3) is 0.933. The van der Waals surface area contributed by atoms with E-state index in [9.17, 15) is 4.79 Å². The Balaban J connectivity index is 1.82. The normalized spacial score (nSPS) is 31.9. The lowest BCUT2D eigenvalue weighted by Gasteiger charge is -2.26. The number of amides is 1. The summed E-state index contributed by atoms with van der Waals surface area (Å²) in [6, 6.07) is 0.378. The fourth-order valence-corrected chi connectivity index (χ4v) is 3.43. The second kappa shape index (κ2) is 6.55. The van der Waals surface area contributed by atoms with Crippen LogP contribution in [0.25, 0.3) is 0 Å². The molecule has 2 aliphatic rings. The summed E-state index contributed by atoms with van der Waals surface area (Å²) in [5.41, 5.74) is 0. The van der Waals surface area contributed by atoms with Crippen LogP contribution in [0, 0.1) is 11.8 Å². The highest BCUT2D eigenvalue weighted by Gasteiger charge is 2.31. The van der Waals surface area contributed by atoms with E-state index in [4.69, 9.17) is 0 Å². The molecule has 104 valence electrons. The maximum atomic E-state index is 12.2. The Kier molecular flexibility index (Phi) is 5.04. The summed E-state index contributed by atoms with van der Waals surface area (Å²) >= 11 is 0. The van der Waals surface area contributed by atoms with E-state index >= 15 is 0 Å². The Hall–Kier alpha value is -0.570. The van der Waals surface area contributed by atoms with Crippen LogP contribution in [0.4, 0.5) is 0 Å². The monoisotopic (exact) mass is 252 g/mol. The highest BCUT2D eigenvalue weighted by Crippen LogP contribution is 2.25. The lowest BCUT2D eigenvalue weighted by Crippen LogP contribution is -2.48. The SMILES string of the molecule is CC1CCNC1C(=O)N[C@@H](C)C1CCCCCC1. The molecule has 0 bridgehead atoms. The van der Waals surface area contributed by atoms with Gasteiger partial charge < -0.3 is 10.6 Å². The predicted octanol–water partition coefficient (Wildman–Crippen LogP) is 2.46. The van der Waals surface area contributed by atoms with Crippen molar-refractivity contribution in [3.8, 4) is 0 Å². The van der Waals surface area contributed by atoms with E-state index in [0.717, 1.165) is 13.0 Å². The molecule has 1 aliphatic carbocycles. The van der Waals surface area contributed by atoms with Gasteiger partial charge in [-0.1, -0.05) is 32.6 Å². The number of carbonyl (C=O) groups excluding carboxylic acids is 1. The van der Waals surface area contributed by atoms with Gasteiger partial charge in [-0.05, 0) is 44.6 Å². The van der Waals surface area contributed by atoms with Crippen molar-refractivity contribution in [1.82, 2.24) is 10.6 Å². The molecular weight excluding hydrogens is 224 g/mol. The number of hydrogen-bond donors (Lipinski definition) is 2. The van der Waals surface area contributed by atoms with E-state index in [-0.39, 0.29) is 11.9 Å². The van der Waals surface area contributed by atoms with E-state index in [1.807, 2.05) is 0 Å². The lowest BCUT2D eigenvalue weighted by molar-refractivity contribution is -0.124. The van der Waals surface area contributed by atoms with Crippen LogP contribution in [-0.2, 0) is 4.79 Å². The van der Waals surface area contributed by atoms with Gasteiger partial charge in [0.15, 0.2) is 0 Å². The molecular formula is C15H28N2O. The molecule has 1 saturated heterocycles. The number of rotatable bonds is 3. The quantitative estimate of drug-likeness (QED) is 0.758. The zero-order valence-electron chi connectivity index (χ0n) is 11.9. The smallest absolute Gasteiger partial charge is 0.237 e. The lowest BCUT2D eigenvalue weighted by atomic mass is 9.92. The molecule has 18 heavy (non-hydrogen) atoms. The van der Waals surface area contributed by atoms with E-state index in [2.05, 4.69) is 24.5 Å². The van der Waals surface area contributed by atoms with Crippen LogP contribution in [0.1, 0.15) is 58.8 Å². The maximum absolute atomic E-state index is 12.2. The molecule has 0 aromatic rings. The first-order valence-electron chi connectivity index (χ1n) is 7.72. The van der Waals surface area contributed by atoms with Crippen LogP contribution in [-0.4, -0.2) is 24.5 Å². The summed E-state index contributed by atoms with van der Waals surface area (Å²) in [6.45, 7) is 5.34. The van der Waals surface area contributed by atoms with Crippen molar-refractivity contribution in [2.75, 3.05) is 6.54 Å². The average Bonchev–Trinajstić information content (AvgIpc) is 2.63. The standard InChI is InChI=1S/C15H28N2O/c1-11-9-10-16-14(11)15(18)17-12(2)13-7-5-3-4-6-8-13/h11-14,16H,3-10H2,1-2H3,(H,17,18)/t11?,12-,14?/m0/s1.